The third kappa shape index (κ3) is 4.18. The molecule has 1 aromatic heterocycles. The van der Waals surface area contributed by atoms with Gasteiger partial charge in [0.25, 0.3) is 0 Å². The summed E-state index contributed by atoms with van der Waals surface area (Å²) in [4.78, 5) is 22.6. The van der Waals surface area contributed by atoms with E-state index in [1.54, 1.807) is 31.4 Å². The van der Waals surface area contributed by atoms with Gasteiger partial charge in [0.2, 0.25) is 0 Å². The van der Waals surface area contributed by atoms with Gasteiger partial charge < -0.3 is 19.5 Å². The molecule has 4 aromatic rings. The monoisotopic (exact) mass is 429 g/mol. The van der Waals surface area contributed by atoms with E-state index in [1.807, 2.05) is 61.3 Å². The first-order chi connectivity index (χ1) is 15.5. The number of anilines is 2. The first kappa shape index (κ1) is 21.1. The predicted molar refractivity (Wildman–Crippen MR) is 123 cm³/mol. The molecule has 1 N–H and O–H groups in total. The molecule has 0 aliphatic rings. The number of fused-ring (bicyclic) bond motifs is 1. The van der Waals surface area contributed by atoms with E-state index in [1.165, 1.54) is 0 Å². The van der Waals surface area contributed by atoms with E-state index < -0.39 is 5.97 Å². The number of hydrogen-bond donors (Lipinski definition) is 1. The van der Waals surface area contributed by atoms with Crippen LogP contribution in [-0.4, -0.2) is 35.2 Å². The number of hydrogen-bond acceptors (Lipinski definition) is 6. The number of methoxy groups -OCH3 is 1. The molecule has 0 aliphatic heterocycles. The van der Waals surface area contributed by atoms with Crippen LogP contribution >= 0.6 is 0 Å². The van der Waals surface area contributed by atoms with Gasteiger partial charge in [-0.1, -0.05) is 30.3 Å². The molecule has 0 saturated heterocycles. The molecule has 0 saturated carbocycles. The average Bonchev–Trinajstić information content (AvgIpc) is 2.81. The number of para-hydroxylation sites is 1. The van der Waals surface area contributed by atoms with Gasteiger partial charge in [0.1, 0.15) is 18.2 Å². The third-order valence-corrected chi connectivity index (χ3v) is 5.18. The second-order valence-electron chi connectivity index (χ2n) is 7.26. The first-order valence-corrected chi connectivity index (χ1v) is 10.1. The number of nitrogens with zero attached hydrogens (tertiary/aromatic N) is 3. The number of rotatable bonds is 7. The zero-order valence-electron chi connectivity index (χ0n) is 18.1. The maximum atomic E-state index is 11.5. The maximum Gasteiger partial charge on any atom is 0.336 e. The number of benzene rings is 3. The number of aromatic nitrogens is 2. The van der Waals surface area contributed by atoms with Crippen molar-refractivity contribution in [2.45, 2.75) is 13.5 Å². The van der Waals surface area contributed by atoms with Crippen LogP contribution < -0.4 is 14.4 Å². The molecule has 32 heavy (non-hydrogen) atoms. The largest absolute Gasteiger partial charge is 0.493 e. The van der Waals surface area contributed by atoms with Crippen molar-refractivity contribution in [2.24, 2.45) is 0 Å². The van der Waals surface area contributed by atoms with E-state index in [-0.39, 0.29) is 12.2 Å². The molecule has 0 bridgehead atoms. The van der Waals surface area contributed by atoms with Gasteiger partial charge in [0, 0.05) is 29.8 Å². The number of carboxylic acids is 1. The fraction of sp³-hybridized carbons (Fsp3) is 0.160. The van der Waals surface area contributed by atoms with Gasteiger partial charge in [-0.05, 0) is 37.3 Å². The van der Waals surface area contributed by atoms with Crippen LogP contribution in [0, 0.1) is 6.92 Å². The summed E-state index contributed by atoms with van der Waals surface area (Å²) in [7, 11) is 3.50. The van der Waals surface area contributed by atoms with Crippen molar-refractivity contribution < 1.29 is 19.4 Å². The summed E-state index contributed by atoms with van der Waals surface area (Å²) in [5.41, 5.74) is 2.51. The Morgan fingerprint density at radius 2 is 1.75 bits per heavy atom. The number of carboxylic acid groups (broad SMARTS) is 1. The number of carbonyl (C=O) groups is 1. The highest BCUT2D eigenvalue weighted by Crippen LogP contribution is 2.36. The zero-order valence-corrected chi connectivity index (χ0v) is 18.1. The molecule has 0 fully saturated rings. The highest BCUT2D eigenvalue weighted by molar-refractivity contribution is 5.91. The Morgan fingerprint density at radius 1 is 1.00 bits per heavy atom. The molecule has 0 aliphatic carbocycles. The van der Waals surface area contributed by atoms with Crippen LogP contribution in [0.25, 0.3) is 10.9 Å². The molecule has 7 heteroatoms. The average molecular weight is 429 g/mol. The van der Waals surface area contributed by atoms with Gasteiger partial charge in [-0.15, -0.1) is 0 Å². The molecule has 3 aromatic carbocycles. The summed E-state index contributed by atoms with van der Waals surface area (Å²) in [6.07, 6.45) is 0. The van der Waals surface area contributed by atoms with Crippen molar-refractivity contribution in [1.29, 1.82) is 0 Å². The minimum absolute atomic E-state index is 0.0988. The fourth-order valence-electron chi connectivity index (χ4n) is 3.55. The van der Waals surface area contributed by atoms with E-state index >= 15 is 0 Å². The lowest BCUT2D eigenvalue weighted by molar-refractivity contribution is 0.0694. The van der Waals surface area contributed by atoms with E-state index in [0.29, 0.717) is 22.9 Å². The standard InChI is InChI=1S/C25H23N3O4/c1-16-26-21-11-7-6-10-20(21)24(27-16)28(2)18-12-13-22(31-3)23(14-18)32-15-17-8-4-5-9-19(17)25(29)30/h4-14H,15H2,1-3H3,(H,29,30). The lowest BCUT2D eigenvalue weighted by Gasteiger charge is -2.22. The van der Waals surface area contributed by atoms with Gasteiger partial charge in [-0.3, -0.25) is 0 Å². The smallest absolute Gasteiger partial charge is 0.336 e. The topological polar surface area (TPSA) is 84.8 Å². The van der Waals surface area contributed by atoms with Crippen LogP contribution in [0.1, 0.15) is 21.7 Å². The molecule has 0 radical (unpaired) electrons. The van der Waals surface area contributed by atoms with E-state index in [0.717, 1.165) is 22.4 Å². The Hall–Kier alpha value is -4.13. The first-order valence-electron chi connectivity index (χ1n) is 10.1. The highest BCUT2D eigenvalue weighted by atomic mass is 16.5. The highest BCUT2D eigenvalue weighted by Gasteiger charge is 2.16. The minimum atomic E-state index is -0.990. The Bertz CT molecular complexity index is 1290. The van der Waals surface area contributed by atoms with Crippen molar-refractivity contribution in [3.05, 3.63) is 83.7 Å². The van der Waals surface area contributed by atoms with Crippen molar-refractivity contribution >= 4 is 28.4 Å². The Labute approximate surface area is 185 Å². The molecular weight excluding hydrogens is 406 g/mol. The van der Waals surface area contributed by atoms with Crippen LogP contribution in [0.15, 0.2) is 66.7 Å². The summed E-state index contributed by atoms with van der Waals surface area (Å²) in [5.74, 6) is 1.53. The lowest BCUT2D eigenvalue weighted by atomic mass is 10.1. The van der Waals surface area contributed by atoms with Crippen molar-refractivity contribution in [1.82, 2.24) is 9.97 Å². The molecule has 7 nitrogen and oxygen atoms in total. The summed E-state index contributed by atoms with van der Waals surface area (Å²) >= 11 is 0. The van der Waals surface area contributed by atoms with Crippen molar-refractivity contribution in [3.63, 3.8) is 0 Å². The molecule has 0 spiro atoms. The SMILES string of the molecule is COc1ccc(N(C)c2nc(C)nc3ccccc23)cc1OCc1ccccc1C(=O)O. The molecule has 0 unspecified atom stereocenters. The second-order valence-corrected chi connectivity index (χ2v) is 7.26. The van der Waals surface area contributed by atoms with Crippen LogP contribution in [0.2, 0.25) is 0 Å². The van der Waals surface area contributed by atoms with Crippen LogP contribution in [-0.2, 0) is 6.61 Å². The Balaban J connectivity index is 1.68. The van der Waals surface area contributed by atoms with Crippen molar-refractivity contribution in [2.75, 3.05) is 19.1 Å². The normalized spacial score (nSPS) is 10.7. The van der Waals surface area contributed by atoms with E-state index in [4.69, 9.17) is 9.47 Å². The van der Waals surface area contributed by atoms with Crippen LogP contribution in [0.4, 0.5) is 11.5 Å². The van der Waals surface area contributed by atoms with Gasteiger partial charge in [-0.25, -0.2) is 14.8 Å². The van der Waals surface area contributed by atoms with E-state index in [9.17, 15) is 9.90 Å². The fourth-order valence-corrected chi connectivity index (χ4v) is 3.55. The van der Waals surface area contributed by atoms with Crippen LogP contribution in [0.3, 0.4) is 0 Å². The van der Waals surface area contributed by atoms with Gasteiger partial charge >= 0.3 is 5.97 Å². The number of ether oxygens (including phenoxy) is 2. The number of aryl methyl sites for hydroxylation is 1. The lowest BCUT2D eigenvalue weighted by Crippen LogP contribution is -2.13. The molecule has 4 rings (SSSR count). The second kappa shape index (κ2) is 8.93. The number of aromatic carboxylic acids is 1. The van der Waals surface area contributed by atoms with Crippen LogP contribution in [0.5, 0.6) is 11.5 Å². The van der Waals surface area contributed by atoms with Gasteiger partial charge in [0.15, 0.2) is 11.5 Å². The summed E-state index contributed by atoms with van der Waals surface area (Å²) in [6.45, 7) is 1.97. The molecule has 162 valence electrons. The van der Waals surface area contributed by atoms with E-state index in [2.05, 4.69) is 9.97 Å². The molecule has 0 amide bonds. The molecule has 1 heterocycles. The summed E-state index contributed by atoms with van der Waals surface area (Å²) < 4.78 is 11.5. The van der Waals surface area contributed by atoms with Gasteiger partial charge in [-0.2, -0.15) is 0 Å². The van der Waals surface area contributed by atoms with Crippen molar-refractivity contribution in [3.8, 4) is 11.5 Å². The van der Waals surface area contributed by atoms with Gasteiger partial charge in [0.05, 0.1) is 18.2 Å². The maximum absolute atomic E-state index is 11.5. The Kier molecular flexibility index (Phi) is 5.89. The summed E-state index contributed by atoms with van der Waals surface area (Å²) in [5, 5.41) is 10.4. The summed E-state index contributed by atoms with van der Waals surface area (Å²) in [6, 6.07) is 20.2. The molecule has 0 atom stereocenters. The predicted octanol–water partition coefficient (Wildman–Crippen LogP) is 4.99. The zero-order chi connectivity index (χ0) is 22.7. The quantitative estimate of drug-likeness (QED) is 0.443. The minimum Gasteiger partial charge on any atom is -0.493 e. The Morgan fingerprint density at radius 3 is 2.53 bits per heavy atom. The molecular formula is C25H23N3O4. The third-order valence-electron chi connectivity index (χ3n) is 5.18.